The van der Waals surface area contributed by atoms with Crippen LogP contribution in [0.3, 0.4) is 0 Å². The number of aliphatic carboxylic acids is 1. The van der Waals surface area contributed by atoms with Crippen molar-refractivity contribution in [1.82, 2.24) is 5.32 Å². The molecule has 1 fully saturated rings. The van der Waals surface area contributed by atoms with Crippen LogP contribution in [0.2, 0.25) is 0 Å². The number of amides is 1. The Kier molecular flexibility index (Phi) is 3.28. The van der Waals surface area contributed by atoms with Gasteiger partial charge in [0.2, 0.25) is 5.91 Å². The van der Waals surface area contributed by atoms with Gasteiger partial charge >= 0.3 is 5.97 Å². The minimum atomic E-state index is -0.707. The Hall–Kier alpha value is -1.06. The fraction of sp³-hybridized carbons (Fsp3) is 0.778. The summed E-state index contributed by atoms with van der Waals surface area (Å²) in [5, 5.41) is 11.5. The molecule has 0 aliphatic heterocycles. The number of rotatable bonds is 2. The van der Waals surface area contributed by atoms with E-state index >= 15 is 0 Å². The molecule has 0 radical (unpaired) electrons. The Bertz CT molecular complexity index is 207. The van der Waals surface area contributed by atoms with Crippen LogP contribution >= 0.6 is 0 Å². The number of hydrogen-bond acceptors (Lipinski definition) is 2. The topological polar surface area (TPSA) is 66.4 Å². The van der Waals surface area contributed by atoms with Crippen molar-refractivity contribution in [2.24, 2.45) is 5.92 Å². The molecule has 0 aromatic rings. The lowest BCUT2D eigenvalue weighted by molar-refractivity contribution is -0.142. The molecule has 4 heteroatoms. The molecule has 0 spiro atoms. The summed E-state index contributed by atoms with van der Waals surface area (Å²) in [7, 11) is 0. The third-order valence-corrected chi connectivity index (χ3v) is 2.48. The first-order chi connectivity index (χ1) is 6.09. The molecule has 1 amide bonds. The number of carbonyl (C=O) groups is 2. The van der Waals surface area contributed by atoms with Crippen LogP contribution in [0.5, 0.6) is 0 Å². The van der Waals surface area contributed by atoms with Crippen molar-refractivity contribution in [3.8, 4) is 0 Å². The highest BCUT2D eigenvalue weighted by molar-refractivity contribution is 5.73. The highest BCUT2D eigenvalue weighted by atomic mass is 16.4. The monoisotopic (exact) mass is 185 g/mol. The van der Waals surface area contributed by atoms with Gasteiger partial charge in [-0.1, -0.05) is 0 Å². The van der Waals surface area contributed by atoms with E-state index in [1.165, 1.54) is 6.92 Å². The predicted octanol–water partition coefficient (Wildman–Crippen LogP) is 0.766. The van der Waals surface area contributed by atoms with Crippen molar-refractivity contribution in [3.05, 3.63) is 0 Å². The Labute approximate surface area is 77.3 Å². The molecule has 0 aromatic carbocycles. The largest absolute Gasteiger partial charge is 0.481 e. The Morgan fingerprint density at radius 3 is 2.15 bits per heavy atom. The summed E-state index contributed by atoms with van der Waals surface area (Å²) >= 11 is 0. The molecule has 74 valence electrons. The minimum Gasteiger partial charge on any atom is -0.481 e. The van der Waals surface area contributed by atoms with Gasteiger partial charge in [-0.25, -0.2) is 0 Å². The maximum absolute atomic E-state index is 10.7. The van der Waals surface area contributed by atoms with E-state index in [0.717, 1.165) is 12.8 Å². The summed E-state index contributed by atoms with van der Waals surface area (Å²) in [6, 6.07) is 0.188. The van der Waals surface area contributed by atoms with Gasteiger partial charge in [0.25, 0.3) is 0 Å². The number of carboxylic acid groups (broad SMARTS) is 1. The number of carbonyl (C=O) groups excluding carboxylic acids is 1. The molecule has 4 nitrogen and oxygen atoms in total. The van der Waals surface area contributed by atoms with E-state index in [0.29, 0.717) is 12.8 Å². The van der Waals surface area contributed by atoms with Crippen LogP contribution in [-0.2, 0) is 9.59 Å². The normalized spacial score (nSPS) is 28.1. The summed E-state index contributed by atoms with van der Waals surface area (Å²) in [4.78, 5) is 21.3. The average Bonchev–Trinajstić information content (AvgIpc) is 2.04. The molecule has 0 bridgehead atoms. The SMILES string of the molecule is CC(=O)N[C@H]1CC[C@@H](C(=O)O)CC1. The zero-order valence-corrected chi connectivity index (χ0v) is 7.75. The molecule has 1 aliphatic carbocycles. The molecule has 0 saturated heterocycles. The van der Waals surface area contributed by atoms with Crippen LogP contribution in [0.4, 0.5) is 0 Å². The molecule has 13 heavy (non-hydrogen) atoms. The second-order valence-corrected chi connectivity index (χ2v) is 3.59. The molecule has 1 saturated carbocycles. The molecular weight excluding hydrogens is 170 g/mol. The Morgan fingerprint density at radius 1 is 1.23 bits per heavy atom. The van der Waals surface area contributed by atoms with Crippen LogP contribution in [0.25, 0.3) is 0 Å². The Balaban J connectivity index is 2.30. The first-order valence-electron chi connectivity index (χ1n) is 4.59. The maximum atomic E-state index is 10.7. The summed E-state index contributed by atoms with van der Waals surface area (Å²) in [5.41, 5.74) is 0. The maximum Gasteiger partial charge on any atom is 0.306 e. The van der Waals surface area contributed by atoms with Crippen molar-refractivity contribution >= 4 is 11.9 Å². The van der Waals surface area contributed by atoms with Crippen LogP contribution in [0.15, 0.2) is 0 Å². The van der Waals surface area contributed by atoms with Gasteiger partial charge < -0.3 is 10.4 Å². The molecular formula is C9H15NO3. The lowest BCUT2D eigenvalue weighted by Gasteiger charge is -2.26. The highest BCUT2D eigenvalue weighted by Gasteiger charge is 2.25. The summed E-state index contributed by atoms with van der Waals surface area (Å²) in [6.07, 6.45) is 2.94. The fourth-order valence-corrected chi connectivity index (χ4v) is 1.77. The lowest BCUT2D eigenvalue weighted by atomic mass is 9.86. The van der Waals surface area contributed by atoms with E-state index in [-0.39, 0.29) is 17.9 Å². The van der Waals surface area contributed by atoms with E-state index in [9.17, 15) is 9.59 Å². The van der Waals surface area contributed by atoms with Gasteiger partial charge in [0, 0.05) is 13.0 Å². The van der Waals surface area contributed by atoms with Gasteiger partial charge in [-0.15, -0.1) is 0 Å². The molecule has 0 aromatic heterocycles. The number of carboxylic acids is 1. The van der Waals surface area contributed by atoms with Crippen LogP contribution < -0.4 is 5.32 Å². The standard InChI is InChI=1S/C9H15NO3/c1-6(11)10-8-4-2-7(3-5-8)9(12)13/h7-8H,2-5H2,1H3,(H,10,11)(H,12,13)/t7-,8+. The van der Waals surface area contributed by atoms with E-state index in [2.05, 4.69) is 5.32 Å². The number of hydrogen-bond donors (Lipinski definition) is 2. The quantitative estimate of drug-likeness (QED) is 0.667. The molecule has 0 atom stereocenters. The Morgan fingerprint density at radius 2 is 1.77 bits per heavy atom. The van der Waals surface area contributed by atoms with Crippen LogP contribution in [-0.4, -0.2) is 23.0 Å². The molecule has 0 heterocycles. The van der Waals surface area contributed by atoms with Crippen LogP contribution in [0.1, 0.15) is 32.6 Å². The van der Waals surface area contributed by atoms with E-state index in [1.807, 2.05) is 0 Å². The smallest absolute Gasteiger partial charge is 0.306 e. The third kappa shape index (κ3) is 3.05. The minimum absolute atomic E-state index is 0.0289. The average molecular weight is 185 g/mol. The molecule has 2 N–H and O–H groups in total. The zero-order valence-electron chi connectivity index (χ0n) is 7.75. The second-order valence-electron chi connectivity index (χ2n) is 3.59. The lowest BCUT2D eigenvalue weighted by Crippen LogP contribution is -2.37. The van der Waals surface area contributed by atoms with Gasteiger partial charge in [-0.05, 0) is 25.7 Å². The zero-order chi connectivity index (χ0) is 9.84. The second kappa shape index (κ2) is 4.25. The van der Waals surface area contributed by atoms with Gasteiger partial charge in [0.15, 0.2) is 0 Å². The summed E-state index contributed by atoms with van der Waals surface area (Å²) < 4.78 is 0. The van der Waals surface area contributed by atoms with E-state index in [4.69, 9.17) is 5.11 Å². The van der Waals surface area contributed by atoms with E-state index in [1.54, 1.807) is 0 Å². The van der Waals surface area contributed by atoms with Gasteiger partial charge in [-0.2, -0.15) is 0 Å². The molecule has 1 rings (SSSR count). The summed E-state index contributed by atoms with van der Waals surface area (Å²) in [5.74, 6) is -0.940. The van der Waals surface area contributed by atoms with Crippen molar-refractivity contribution in [3.63, 3.8) is 0 Å². The van der Waals surface area contributed by atoms with Gasteiger partial charge in [0.1, 0.15) is 0 Å². The van der Waals surface area contributed by atoms with Gasteiger partial charge in [-0.3, -0.25) is 9.59 Å². The first-order valence-corrected chi connectivity index (χ1v) is 4.59. The number of nitrogens with one attached hydrogen (secondary N) is 1. The van der Waals surface area contributed by atoms with Crippen molar-refractivity contribution < 1.29 is 14.7 Å². The first kappa shape index (κ1) is 10.0. The van der Waals surface area contributed by atoms with Gasteiger partial charge in [0.05, 0.1) is 5.92 Å². The third-order valence-electron chi connectivity index (χ3n) is 2.48. The molecule has 1 aliphatic rings. The summed E-state index contributed by atoms with van der Waals surface area (Å²) in [6.45, 7) is 1.49. The van der Waals surface area contributed by atoms with E-state index < -0.39 is 5.97 Å². The van der Waals surface area contributed by atoms with Crippen LogP contribution in [0, 0.1) is 5.92 Å². The van der Waals surface area contributed by atoms with Crippen molar-refractivity contribution in [1.29, 1.82) is 0 Å². The fourth-order valence-electron chi connectivity index (χ4n) is 1.77. The highest BCUT2D eigenvalue weighted by Crippen LogP contribution is 2.24. The van der Waals surface area contributed by atoms with Crippen molar-refractivity contribution in [2.75, 3.05) is 0 Å². The van der Waals surface area contributed by atoms with Crippen molar-refractivity contribution in [2.45, 2.75) is 38.6 Å². The molecule has 0 unspecified atom stereocenters. The predicted molar refractivity (Wildman–Crippen MR) is 47.2 cm³/mol.